The molecule has 0 N–H and O–H groups in total. The molecule has 0 aliphatic rings. The smallest absolute Gasteiger partial charge is 0.206 e. The highest BCUT2D eigenvalue weighted by atomic mass is 32.2. The van der Waals surface area contributed by atoms with E-state index in [0.717, 1.165) is 0 Å². The van der Waals surface area contributed by atoms with Gasteiger partial charge in [-0.15, -0.1) is 0 Å². The van der Waals surface area contributed by atoms with Crippen LogP contribution in [0.15, 0.2) is 117 Å². The Hall–Kier alpha value is -3.97. The molecule has 0 atom stereocenters. The summed E-state index contributed by atoms with van der Waals surface area (Å²) in [5.74, 6) is 1.82. The molecule has 35 heavy (non-hydrogen) atoms. The van der Waals surface area contributed by atoms with Gasteiger partial charge in [-0.2, -0.15) is 9.98 Å². The van der Waals surface area contributed by atoms with Crippen LogP contribution in [-0.4, -0.2) is 18.7 Å². The fourth-order valence-electron chi connectivity index (χ4n) is 3.14. The Kier molecular flexibility index (Phi) is 7.57. The van der Waals surface area contributed by atoms with Crippen molar-refractivity contribution in [2.24, 2.45) is 9.98 Å². The van der Waals surface area contributed by atoms with E-state index in [2.05, 4.69) is 20.3 Å². The molecule has 0 aromatic heterocycles. The first kappa shape index (κ1) is 24.2. The summed E-state index contributed by atoms with van der Waals surface area (Å²) in [6.45, 7) is 0. The number of sulfone groups is 1. The molecule has 0 unspecified atom stereocenters. The SMILES string of the molecule is O=S(=O)(c1ccc(Oc2ccccc2)c(N=C=S)c1)c1ccc(Oc2ccccc2)c(N=C=S)c1. The van der Waals surface area contributed by atoms with Crippen molar-refractivity contribution in [3.05, 3.63) is 97.1 Å². The average molecular weight is 517 g/mol. The summed E-state index contributed by atoms with van der Waals surface area (Å²) in [5, 5.41) is 4.53. The van der Waals surface area contributed by atoms with E-state index in [1.54, 1.807) is 24.3 Å². The number of para-hydroxylation sites is 2. The first-order chi connectivity index (χ1) is 17.0. The molecule has 0 aliphatic heterocycles. The van der Waals surface area contributed by atoms with Crippen LogP contribution in [-0.2, 0) is 9.84 Å². The van der Waals surface area contributed by atoms with Gasteiger partial charge in [0.2, 0.25) is 9.84 Å². The predicted octanol–water partition coefficient (Wildman–Crippen LogP) is 7.57. The summed E-state index contributed by atoms with van der Waals surface area (Å²) in [4.78, 5) is 7.98. The predicted molar refractivity (Wildman–Crippen MR) is 141 cm³/mol. The number of thiocarbonyl (C=S) groups is 2. The van der Waals surface area contributed by atoms with Crippen LogP contribution in [0, 0.1) is 0 Å². The molecule has 9 heteroatoms. The molecule has 4 aromatic rings. The zero-order valence-electron chi connectivity index (χ0n) is 18.0. The molecular weight excluding hydrogens is 500 g/mol. The van der Waals surface area contributed by atoms with Crippen molar-refractivity contribution in [2.45, 2.75) is 9.79 Å². The van der Waals surface area contributed by atoms with Gasteiger partial charge >= 0.3 is 0 Å². The van der Waals surface area contributed by atoms with Crippen LogP contribution in [0.25, 0.3) is 0 Å². The summed E-state index contributed by atoms with van der Waals surface area (Å²) in [6.07, 6.45) is 0. The minimum Gasteiger partial charge on any atom is -0.455 e. The first-order valence-corrected chi connectivity index (χ1v) is 12.5. The Morgan fingerprint density at radius 2 is 1.00 bits per heavy atom. The van der Waals surface area contributed by atoms with Gasteiger partial charge in [0.25, 0.3) is 0 Å². The number of hydrogen-bond acceptors (Lipinski definition) is 8. The Bertz CT molecular complexity index is 1450. The number of benzene rings is 4. The van der Waals surface area contributed by atoms with Crippen molar-refractivity contribution in [3.63, 3.8) is 0 Å². The zero-order chi connectivity index (χ0) is 24.7. The third-order valence-corrected chi connectivity index (χ3v) is 6.69. The van der Waals surface area contributed by atoms with Gasteiger partial charge in [-0.05, 0) is 85.1 Å². The highest BCUT2D eigenvalue weighted by Gasteiger charge is 2.22. The van der Waals surface area contributed by atoms with Gasteiger partial charge in [0.15, 0.2) is 11.5 Å². The number of nitrogens with zero attached hydrogens (tertiary/aromatic N) is 2. The third-order valence-electron chi connectivity index (χ3n) is 4.76. The van der Waals surface area contributed by atoms with Crippen molar-refractivity contribution < 1.29 is 17.9 Å². The van der Waals surface area contributed by atoms with Gasteiger partial charge in [-0.1, -0.05) is 36.4 Å². The number of ether oxygens (including phenoxy) is 2. The molecule has 0 saturated heterocycles. The molecule has 0 amide bonds. The van der Waals surface area contributed by atoms with E-state index in [0.29, 0.717) is 23.0 Å². The first-order valence-electron chi connectivity index (χ1n) is 10.2. The monoisotopic (exact) mass is 516 g/mol. The molecule has 4 aromatic carbocycles. The fourth-order valence-corrected chi connectivity index (χ4v) is 4.64. The Morgan fingerprint density at radius 3 is 1.37 bits per heavy atom. The third kappa shape index (κ3) is 5.75. The standard InChI is InChI=1S/C26H16N2O4S3/c29-35(30,21-11-13-25(23(15-21)27-17-33)31-19-7-3-1-4-8-19)22-12-14-26(24(16-22)28-18-34)32-20-9-5-2-6-10-20/h1-16H. The lowest BCUT2D eigenvalue weighted by Gasteiger charge is -2.12. The summed E-state index contributed by atoms with van der Waals surface area (Å²) in [5.41, 5.74) is 0.456. The van der Waals surface area contributed by atoms with Crippen molar-refractivity contribution in [2.75, 3.05) is 0 Å². The molecule has 0 saturated carbocycles. The summed E-state index contributed by atoms with van der Waals surface area (Å²) in [6, 6.07) is 26.8. The molecule has 6 nitrogen and oxygen atoms in total. The number of hydrogen-bond donors (Lipinski definition) is 0. The topological polar surface area (TPSA) is 77.3 Å². The van der Waals surface area contributed by atoms with E-state index >= 15 is 0 Å². The molecule has 0 radical (unpaired) electrons. The lowest BCUT2D eigenvalue weighted by Crippen LogP contribution is -2.02. The van der Waals surface area contributed by atoms with Gasteiger partial charge in [-0.3, -0.25) is 0 Å². The molecule has 0 fully saturated rings. The second-order valence-corrected chi connectivity index (χ2v) is 9.31. The molecule has 0 heterocycles. The molecule has 4 rings (SSSR count). The summed E-state index contributed by atoms with van der Waals surface area (Å²) >= 11 is 9.48. The van der Waals surface area contributed by atoms with Gasteiger partial charge in [0.05, 0.1) is 20.1 Å². The minimum atomic E-state index is -3.95. The summed E-state index contributed by atoms with van der Waals surface area (Å²) < 4.78 is 38.5. The summed E-state index contributed by atoms with van der Waals surface area (Å²) in [7, 11) is -3.95. The lowest BCUT2D eigenvalue weighted by molar-refractivity contribution is 0.483. The number of isothiocyanates is 2. The van der Waals surface area contributed by atoms with Gasteiger partial charge < -0.3 is 9.47 Å². The highest BCUT2D eigenvalue weighted by molar-refractivity contribution is 7.91. The minimum absolute atomic E-state index is 0.00378. The van der Waals surface area contributed by atoms with Crippen LogP contribution in [0.5, 0.6) is 23.0 Å². The van der Waals surface area contributed by atoms with Crippen LogP contribution in [0.4, 0.5) is 11.4 Å². The number of aliphatic imine (C=N–C) groups is 2. The van der Waals surface area contributed by atoms with Crippen LogP contribution >= 0.6 is 24.4 Å². The van der Waals surface area contributed by atoms with Crippen molar-refractivity contribution in [1.29, 1.82) is 0 Å². The normalized spacial score (nSPS) is 10.5. The Labute approximate surface area is 213 Å². The molecule has 0 spiro atoms. The average Bonchev–Trinajstić information content (AvgIpc) is 2.87. The van der Waals surface area contributed by atoms with Crippen LogP contribution in [0.3, 0.4) is 0 Å². The van der Waals surface area contributed by atoms with E-state index in [9.17, 15) is 8.42 Å². The fraction of sp³-hybridized carbons (Fsp3) is 0. The molecule has 0 bridgehead atoms. The maximum atomic E-state index is 13.4. The van der Waals surface area contributed by atoms with E-state index < -0.39 is 9.84 Å². The van der Waals surface area contributed by atoms with Gasteiger partial charge in [0.1, 0.15) is 22.9 Å². The highest BCUT2D eigenvalue weighted by Crippen LogP contribution is 2.38. The van der Waals surface area contributed by atoms with E-state index in [4.69, 9.17) is 33.9 Å². The van der Waals surface area contributed by atoms with E-state index in [1.807, 2.05) is 36.4 Å². The second kappa shape index (κ2) is 11.0. The van der Waals surface area contributed by atoms with Gasteiger partial charge in [-0.25, -0.2) is 8.42 Å². The lowest BCUT2D eigenvalue weighted by atomic mass is 10.3. The van der Waals surface area contributed by atoms with Crippen molar-refractivity contribution in [3.8, 4) is 23.0 Å². The Balaban J connectivity index is 1.71. The van der Waals surface area contributed by atoms with Crippen molar-refractivity contribution in [1.82, 2.24) is 0 Å². The van der Waals surface area contributed by atoms with Crippen LogP contribution < -0.4 is 9.47 Å². The van der Waals surface area contributed by atoms with Crippen LogP contribution in [0.1, 0.15) is 0 Å². The maximum absolute atomic E-state index is 13.4. The Morgan fingerprint density at radius 1 is 0.600 bits per heavy atom. The van der Waals surface area contributed by atoms with Crippen LogP contribution in [0.2, 0.25) is 0 Å². The molecular formula is C26H16N2O4S3. The van der Waals surface area contributed by atoms with Gasteiger partial charge in [0, 0.05) is 0 Å². The quantitative estimate of drug-likeness (QED) is 0.177. The van der Waals surface area contributed by atoms with Crippen molar-refractivity contribution >= 4 is 56.0 Å². The largest absolute Gasteiger partial charge is 0.455 e. The number of rotatable bonds is 8. The zero-order valence-corrected chi connectivity index (χ0v) is 20.4. The second-order valence-electron chi connectivity index (χ2n) is 7.00. The van der Waals surface area contributed by atoms with E-state index in [-0.39, 0.29) is 21.2 Å². The molecule has 172 valence electrons. The van der Waals surface area contributed by atoms with E-state index in [1.165, 1.54) is 36.4 Å². The molecule has 0 aliphatic carbocycles. The maximum Gasteiger partial charge on any atom is 0.206 e.